The fourth-order valence-electron chi connectivity index (χ4n) is 4.51. The van der Waals surface area contributed by atoms with Gasteiger partial charge in [-0.15, -0.1) is 10.2 Å². The number of rotatable bonds is 9. The number of nitrogens with zero attached hydrogens (tertiary/aromatic N) is 5. The normalized spacial score (nSPS) is 12.7. The highest BCUT2D eigenvalue weighted by Crippen LogP contribution is 2.39. The molecule has 1 heterocycles. The summed E-state index contributed by atoms with van der Waals surface area (Å²) in [6.07, 6.45) is 0. The maximum absolute atomic E-state index is 12.3. The van der Waals surface area contributed by atoms with E-state index in [9.17, 15) is 48.5 Å². The molecule has 0 saturated carbocycles. The van der Waals surface area contributed by atoms with E-state index in [4.69, 9.17) is 0 Å². The molecule has 0 spiro atoms. The van der Waals surface area contributed by atoms with E-state index < -0.39 is 62.1 Å². The molecule has 5 rings (SSSR count). The number of hydrogen-bond acceptors (Lipinski definition) is 14. The number of benzene rings is 4. The first kappa shape index (κ1) is 34.8. The van der Waals surface area contributed by atoms with Gasteiger partial charge in [-0.2, -0.15) is 40.5 Å². The highest BCUT2D eigenvalue weighted by Gasteiger charge is 2.21. The number of azo groups is 2. The van der Waals surface area contributed by atoms with Gasteiger partial charge < -0.3 is 5.32 Å². The van der Waals surface area contributed by atoms with Crippen molar-refractivity contribution < 1.29 is 38.9 Å². The van der Waals surface area contributed by atoms with Gasteiger partial charge in [0.1, 0.15) is 15.5 Å². The Morgan fingerprint density at radius 2 is 1.24 bits per heavy atom. The smallest absolute Gasteiger partial charge is 0.325 e. The van der Waals surface area contributed by atoms with Crippen LogP contribution in [-0.4, -0.2) is 53.9 Å². The molecule has 0 atom stereocenters. The van der Waals surface area contributed by atoms with Crippen LogP contribution in [0.2, 0.25) is 0 Å². The zero-order valence-corrected chi connectivity index (χ0v) is 27.3. The number of nitrogens with one attached hydrogen (secondary N) is 3. The molecule has 4 aromatic carbocycles. The van der Waals surface area contributed by atoms with Gasteiger partial charge in [-0.1, -0.05) is 12.1 Å². The molecule has 0 bridgehead atoms. The molecule has 0 radical (unpaired) electrons. The van der Waals surface area contributed by atoms with E-state index in [1.54, 1.807) is 19.9 Å². The van der Waals surface area contributed by atoms with Crippen LogP contribution in [0.25, 0.3) is 10.8 Å². The van der Waals surface area contributed by atoms with Crippen LogP contribution in [0, 0.1) is 13.8 Å². The average Bonchev–Trinajstić information content (AvgIpc) is 2.99. The van der Waals surface area contributed by atoms with Crippen molar-refractivity contribution in [3.63, 3.8) is 0 Å². The van der Waals surface area contributed by atoms with Crippen molar-refractivity contribution in [3.8, 4) is 0 Å². The van der Waals surface area contributed by atoms with Crippen molar-refractivity contribution in [3.05, 3.63) is 92.8 Å². The van der Waals surface area contributed by atoms with Crippen molar-refractivity contribution in [1.82, 2.24) is 15.0 Å². The van der Waals surface area contributed by atoms with Gasteiger partial charge in [0.15, 0.2) is 0 Å². The maximum Gasteiger partial charge on any atom is 0.352 e. The third-order valence-electron chi connectivity index (χ3n) is 6.73. The Bertz CT molecular complexity index is 2660. The summed E-state index contributed by atoms with van der Waals surface area (Å²) >= 11 is 0. The third kappa shape index (κ3) is 7.80. The fraction of sp³-hybridized carbons (Fsp3) is 0.0741. The Morgan fingerprint density at radius 3 is 1.82 bits per heavy atom. The first-order valence-corrected chi connectivity index (χ1v) is 17.7. The molecule has 5 aromatic rings. The zero-order valence-electron chi connectivity index (χ0n) is 24.8. The molecule has 19 nitrogen and oxygen atoms in total. The van der Waals surface area contributed by atoms with Crippen molar-refractivity contribution in [2.45, 2.75) is 28.5 Å². The van der Waals surface area contributed by atoms with E-state index in [0.717, 1.165) is 24.3 Å². The lowest BCUT2D eigenvalue weighted by Gasteiger charge is -2.13. The van der Waals surface area contributed by atoms with Gasteiger partial charge in [0.25, 0.3) is 30.4 Å². The summed E-state index contributed by atoms with van der Waals surface area (Å²) < 4.78 is 100. The van der Waals surface area contributed by atoms with Gasteiger partial charge in [-0.3, -0.25) is 23.6 Å². The van der Waals surface area contributed by atoms with Crippen LogP contribution < -0.4 is 16.7 Å². The molecule has 0 fully saturated rings. The minimum atomic E-state index is -4.85. The SMILES string of the molecule is Cc1cc(N=Nc2ccc(Nc3nc(=O)[nH]c(=O)[nH]3)c3c(S(=O)(=O)O)cccc23)c(C)cc1N=Nc1cc(S(=O)(=O)O)ccc1S(=O)(=O)O. The van der Waals surface area contributed by atoms with E-state index in [1.807, 2.05) is 4.98 Å². The molecule has 0 saturated heterocycles. The lowest BCUT2D eigenvalue weighted by molar-refractivity contribution is 0.478. The lowest BCUT2D eigenvalue weighted by Crippen LogP contribution is -2.25. The maximum atomic E-state index is 12.3. The zero-order chi connectivity index (χ0) is 35.9. The number of H-pyrrole nitrogens is 2. The van der Waals surface area contributed by atoms with Crippen LogP contribution in [0.3, 0.4) is 0 Å². The Labute approximate surface area is 275 Å². The Kier molecular flexibility index (Phi) is 9.11. The molecule has 22 heteroatoms. The van der Waals surface area contributed by atoms with Crippen molar-refractivity contribution in [2.24, 2.45) is 20.5 Å². The summed E-state index contributed by atoms with van der Waals surface area (Å²) in [5.74, 6) is -0.307. The molecule has 254 valence electrons. The molecular formula is C27H22N8O11S3. The molecule has 6 N–H and O–H groups in total. The quantitative estimate of drug-likeness (QED) is 0.0897. The topological polar surface area (TPSA) is 303 Å². The predicted molar refractivity (Wildman–Crippen MR) is 173 cm³/mol. The van der Waals surface area contributed by atoms with E-state index >= 15 is 0 Å². The van der Waals surface area contributed by atoms with E-state index in [2.05, 4.69) is 35.7 Å². The van der Waals surface area contributed by atoms with Gasteiger partial charge in [0.05, 0.1) is 27.6 Å². The molecule has 0 aliphatic rings. The predicted octanol–water partition coefficient (Wildman–Crippen LogP) is 4.54. The largest absolute Gasteiger partial charge is 0.352 e. The number of aromatic nitrogens is 3. The van der Waals surface area contributed by atoms with Crippen LogP contribution in [0.5, 0.6) is 0 Å². The van der Waals surface area contributed by atoms with Gasteiger partial charge >= 0.3 is 11.4 Å². The van der Waals surface area contributed by atoms with Crippen LogP contribution >= 0.6 is 0 Å². The summed E-state index contributed by atoms with van der Waals surface area (Å²) in [6, 6.07) is 12.1. The fourth-order valence-corrected chi connectivity index (χ4v) is 6.35. The highest BCUT2D eigenvalue weighted by atomic mass is 32.2. The minimum absolute atomic E-state index is 0.0388. The van der Waals surface area contributed by atoms with E-state index in [0.29, 0.717) is 16.8 Å². The summed E-state index contributed by atoms with van der Waals surface area (Å²) in [5, 5.41) is 19.1. The molecule has 0 amide bonds. The van der Waals surface area contributed by atoms with Gasteiger partial charge in [-0.25, -0.2) is 9.59 Å². The minimum Gasteiger partial charge on any atom is -0.325 e. The van der Waals surface area contributed by atoms with Gasteiger partial charge in [0, 0.05) is 10.8 Å². The second-order valence-electron chi connectivity index (χ2n) is 10.2. The average molecular weight is 731 g/mol. The second kappa shape index (κ2) is 12.8. The Hall–Kier alpha value is -5.52. The number of aryl methyl sites for hydroxylation is 2. The molecule has 1 aromatic heterocycles. The Morgan fingerprint density at radius 1 is 0.653 bits per heavy atom. The third-order valence-corrected chi connectivity index (χ3v) is 9.37. The van der Waals surface area contributed by atoms with Crippen molar-refractivity contribution in [1.29, 1.82) is 0 Å². The summed E-state index contributed by atoms with van der Waals surface area (Å²) in [7, 11) is -14.4. The molecule has 49 heavy (non-hydrogen) atoms. The van der Waals surface area contributed by atoms with E-state index in [-0.39, 0.29) is 33.8 Å². The molecular weight excluding hydrogens is 709 g/mol. The number of anilines is 2. The highest BCUT2D eigenvalue weighted by molar-refractivity contribution is 7.86. The monoisotopic (exact) mass is 730 g/mol. The van der Waals surface area contributed by atoms with Crippen LogP contribution in [0.15, 0.2) is 105 Å². The second-order valence-corrected chi connectivity index (χ2v) is 14.4. The van der Waals surface area contributed by atoms with E-state index in [1.165, 1.54) is 30.3 Å². The van der Waals surface area contributed by atoms with Crippen LogP contribution in [0.1, 0.15) is 11.1 Å². The number of hydrogen-bond donors (Lipinski definition) is 6. The summed E-state index contributed by atoms with van der Waals surface area (Å²) in [5.41, 5.74) is -0.782. The van der Waals surface area contributed by atoms with Crippen molar-refractivity contribution in [2.75, 3.05) is 5.32 Å². The van der Waals surface area contributed by atoms with Gasteiger partial charge in [-0.05, 0) is 73.5 Å². The number of fused-ring (bicyclic) bond motifs is 1. The Balaban J connectivity index is 1.54. The van der Waals surface area contributed by atoms with Crippen molar-refractivity contribution >= 4 is 75.5 Å². The first-order chi connectivity index (χ1) is 22.8. The van der Waals surface area contributed by atoms with Gasteiger partial charge in [0.2, 0.25) is 5.95 Å². The summed E-state index contributed by atoms with van der Waals surface area (Å²) in [6.45, 7) is 3.23. The number of aromatic amines is 2. The first-order valence-electron chi connectivity index (χ1n) is 13.4. The molecule has 0 aliphatic carbocycles. The lowest BCUT2D eigenvalue weighted by atomic mass is 10.1. The molecule has 0 unspecified atom stereocenters. The standard InChI is InChI=1S/C27H22N8O11S3/c1-13-11-20(34-35-21-12-15(47(38,39)40)6-9-22(21)48(41,42)43)14(2)10-19(13)33-32-17-7-8-18(28-25-29-26(36)31-27(37)30-25)24-16(17)4-3-5-23(24)49(44,45)46/h3-12H,1-2H3,(H,38,39,40)(H,41,42,43)(H,44,45,46)(H3,28,29,30,31,36,37). The summed E-state index contributed by atoms with van der Waals surface area (Å²) in [4.78, 5) is 29.2. The molecule has 0 aliphatic heterocycles. The van der Waals surface area contributed by atoms with Crippen LogP contribution in [0.4, 0.5) is 34.4 Å². The van der Waals surface area contributed by atoms with Crippen LogP contribution in [-0.2, 0) is 30.4 Å².